The highest BCUT2D eigenvalue weighted by atomic mass is 16.5. The molecule has 2 heterocycles. The molecule has 0 aromatic carbocycles. The first-order valence-electron chi connectivity index (χ1n) is 7.88. The summed E-state index contributed by atoms with van der Waals surface area (Å²) in [6.07, 6.45) is -6.40. The highest BCUT2D eigenvalue weighted by Crippen LogP contribution is 2.29. The Kier molecular flexibility index (Phi) is 5.09. The van der Waals surface area contributed by atoms with Crippen LogP contribution in [0.15, 0.2) is 0 Å². The molecular formula is C13H22N2O8. The zero-order valence-electron chi connectivity index (χ0n) is 13.3. The number of nitrogens with one attached hydrogen (secondary N) is 1. The van der Waals surface area contributed by atoms with E-state index < -0.39 is 68.1 Å². The third kappa shape index (κ3) is 3.62. The Balaban J connectivity index is 2.30. The maximum Gasteiger partial charge on any atom is 0.321 e. The minimum Gasteiger partial charge on any atom is -0.480 e. The minimum atomic E-state index is -1.54. The van der Waals surface area contributed by atoms with Gasteiger partial charge in [-0.3, -0.25) is 14.5 Å². The summed E-state index contributed by atoms with van der Waals surface area (Å²) in [5.74, 6) is -1.95. The summed E-state index contributed by atoms with van der Waals surface area (Å²) in [6, 6.07) is -2.32. The van der Waals surface area contributed by atoms with E-state index in [1.165, 1.54) is 4.90 Å². The van der Waals surface area contributed by atoms with Gasteiger partial charge in [0.15, 0.2) is 0 Å². The number of ether oxygens (including phenoxy) is 1. The van der Waals surface area contributed by atoms with Crippen molar-refractivity contribution < 1.29 is 41.2 Å². The van der Waals surface area contributed by atoms with Crippen LogP contribution in [0.25, 0.3) is 0 Å². The average Bonchev–Trinajstić information content (AvgIpc) is 2.94. The average molecular weight is 335 g/mol. The van der Waals surface area contributed by atoms with Crippen LogP contribution >= 0.6 is 0 Å². The molecule has 10 heteroatoms. The fourth-order valence-electron chi connectivity index (χ4n) is 3.09. The minimum absolute atomic E-state index is 0.0588. The molecule has 0 spiro atoms. The number of carbonyl (C=O) groups excluding carboxylic acids is 1. The largest absolute Gasteiger partial charge is 0.480 e. The third-order valence-electron chi connectivity index (χ3n) is 4.16. The predicted octanol–water partition coefficient (Wildman–Crippen LogP) is -3.55. The lowest BCUT2D eigenvalue weighted by Crippen LogP contribution is -2.69. The second-order valence-corrected chi connectivity index (χ2v) is 5.76. The van der Waals surface area contributed by atoms with Crippen LogP contribution in [-0.4, -0.2) is 98.2 Å². The summed E-state index contributed by atoms with van der Waals surface area (Å²) < 4.78 is 12.6. The van der Waals surface area contributed by atoms with Gasteiger partial charge < -0.3 is 35.6 Å². The summed E-state index contributed by atoms with van der Waals surface area (Å²) in [7, 11) is 0. The zero-order valence-corrected chi connectivity index (χ0v) is 12.3. The van der Waals surface area contributed by atoms with Crippen molar-refractivity contribution in [1.29, 1.82) is 0 Å². The van der Waals surface area contributed by atoms with Crippen LogP contribution in [0.2, 0.25) is 0 Å². The highest BCUT2D eigenvalue weighted by molar-refractivity contribution is 5.74. The number of aliphatic hydroxyl groups is 4. The van der Waals surface area contributed by atoms with E-state index in [1.807, 2.05) is 0 Å². The summed E-state index contributed by atoms with van der Waals surface area (Å²) in [4.78, 5) is 24.2. The number of aliphatic carboxylic acids is 1. The van der Waals surface area contributed by atoms with Crippen molar-refractivity contribution in [2.45, 2.75) is 56.0 Å². The van der Waals surface area contributed by atoms with E-state index in [9.17, 15) is 35.1 Å². The first kappa shape index (κ1) is 16.6. The number of likely N-dealkylation sites (tertiary alicyclic amines) is 1. The molecule has 0 saturated carbocycles. The lowest BCUT2D eigenvalue weighted by atomic mass is 9.95. The fourth-order valence-corrected chi connectivity index (χ4v) is 3.09. The van der Waals surface area contributed by atoms with Crippen molar-refractivity contribution in [1.82, 2.24) is 10.2 Å². The van der Waals surface area contributed by atoms with Crippen LogP contribution < -0.4 is 5.32 Å². The second kappa shape index (κ2) is 7.07. The van der Waals surface area contributed by atoms with E-state index in [4.69, 9.17) is 6.11 Å². The van der Waals surface area contributed by atoms with Crippen LogP contribution in [0.1, 0.15) is 14.7 Å². The molecule has 2 fully saturated rings. The predicted molar refractivity (Wildman–Crippen MR) is 74.1 cm³/mol. The van der Waals surface area contributed by atoms with E-state index in [-0.39, 0.29) is 13.0 Å². The molecule has 132 valence electrons. The molecule has 7 atom stereocenters. The SMILES string of the molecule is [2H]CC(=O)N[C@H]1C(N2C[C@H](O)C[C@H]2C(=O)O)O[C@H](CO)[C@@H](O)[C@@H]1O. The molecule has 0 radical (unpaired) electrons. The quantitative estimate of drug-likeness (QED) is 0.306. The van der Waals surface area contributed by atoms with Crippen molar-refractivity contribution in [3.05, 3.63) is 0 Å². The number of β-amino-alcohol motifs (C(OH)–C–C–N with tert-alkyl or cyclic N) is 1. The Morgan fingerprint density at radius 1 is 1.35 bits per heavy atom. The van der Waals surface area contributed by atoms with Gasteiger partial charge in [0.05, 0.1) is 18.8 Å². The number of carbonyl (C=O) groups is 2. The van der Waals surface area contributed by atoms with E-state index >= 15 is 0 Å². The molecule has 2 rings (SSSR count). The van der Waals surface area contributed by atoms with E-state index in [0.717, 1.165) is 0 Å². The van der Waals surface area contributed by atoms with Gasteiger partial charge in [-0.1, -0.05) is 0 Å². The van der Waals surface area contributed by atoms with Crippen molar-refractivity contribution in [3.63, 3.8) is 0 Å². The van der Waals surface area contributed by atoms with Gasteiger partial charge in [0.2, 0.25) is 5.91 Å². The monoisotopic (exact) mass is 335 g/mol. The van der Waals surface area contributed by atoms with Crippen LogP contribution in [0.5, 0.6) is 0 Å². The van der Waals surface area contributed by atoms with Gasteiger partial charge in [0, 0.05) is 21.2 Å². The molecule has 0 bridgehead atoms. The first-order chi connectivity index (χ1) is 11.3. The van der Waals surface area contributed by atoms with Crippen molar-refractivity contribution in [2.75, 3.05) is 13.2 Å². The molecule has 23 heavy (non-hydrogen) atoms. The van der Waals surface area contributed by atoms with Gasteiger partial charge in [0.1, 0.15) is 30.6 Å². The molecule has 1 amide bonds. The summed E-state index contributed by atoms with van der Waals surface area (Å²) >= 11 is 0. The van der Waals surface area contributed by atoms with E-state index in [2.05, 4.69) is 5.32 Å². The third-order valence-corrected chi connectivity index (χ3v) is 4.16. The zero-order chi connectivity index (χ0) is 18.0. The normalized spacial score (nSPS) is 42.3. The standard InChI is InChI=1S/C13H22N2O8/c1-5(17)14-9-11(20)10(19)8(4-16)23-12(9)15-3-6(18)2-7(15)13(21)22/h6-12,16,18-20H,2-4H2,1H3,(H,14,17)(H,21,22)/t6-,7+,8-,9-,10-,11-,12?/m1/s1/i1D. The Morgan fingerprint density at radius 3 is 2.61 bits per heavy atom. The molecule has 0 aromatic heterocycles. The Labute approximate surface area is 133 Å². The number of amides is 1. The van der Waals surface area contributed by atoms with E-state index in [1.54, 1.807) is 0 Å². The summed E-state index contributed by atoms with van der Waals surface area (Å²) in [6.45, 7) is -1.32. The molecule has 6 N–H and O–H groups in total. The Morgan fingerprint density at radius 2 is 2.04 bits per heavy atom. The summed E-state index contributed by atoms with van der Waals surface area (Å²) in [5, 5.41) is 50.9. The summed E-state index contributed by atoms with van der Waals surface area (Å²) in [5.41, 5.74) is 0. The smallest absolute Gasteiger partial charge is 0.321 e. The number of rotatable bonds is 4. The van der Waals surface area contributed by atoms with Gasteiger partial charge in [-0.25, -0.2) is 0 Å². The molecule has 0 aliphatic carbocycles. The van der Waals surface area contributed by atoms with E-state index in [0.29, 0.717) is 0 Å². The molecule has 10 nitrogen and oxygen atoms in total. The number of nitrogens with zero attached hydrogens (tertiary/aromatic N) is 1. The van der Waals surface area contributed by atoms with Crippen molar-refractivity contribution >= 4 is 11.9 Å². The van der Waals surface area contributed by atoms with Gasteiger partial charge >= 0.3 is 5.97 Å². The lowest BCUT2D eigenvalue weighted by Gasteiger charge is -2.46. The molecule has 2 saturated heterocycles. The Hall–Kier alpha value is -1.30. The van der Waals surface area contributed by atoms with Gasteiger partial charge in [-0.2, -0.15) is 0 Å². The van der Waals surface area contributed by atoms with Crippen molar-refractivity contribution in [3.8, 4) is 0 Å². The first-order valence-corrected chi connectivity index (χ1v) is 7.17. The second-order valence-electron chi connectivity index (χ2n) is 5.76. The van der Waals surface area contributed by atoms with Crippen LogP contribution in [0.4, 0.5) is 0 Å². The van der Waals surface area contributed by atoms with Crippen LogP contribution in [-0.2, 0) is 14.3 Å². The molecule has 2 aliphatic heterocycles. The molecular weight excluding hydrogens is 312 g/mol. The fraction of sp³-hybridized carbons (Fsp3) is 0.846. The maximum atomic E-state index is 11.5. The lowest BCUT2D eigenvalue weighted by molar-refractivity contribution is -0.235. The number of carboxylic acid groups (broad SMARTS) is 1. The highest BCUT2D eigenvalue weighted by Gasteiger charge is 2.51. The topological polar surface area (TPSA) is 160 Å². The Bertz CT molecular complexity index is 481. The van der Waals surface area contributed by atoms with Crippen LogP contribution in [0.3, 0.4) is 0 Å². The van der Waals surface area contributed by atoms with Crippen molar-refractivity contribution in [2.24, 2.45) is 0 Å². The van der Waals surface area contributed by atoms with Gasteiger partial charge in [0.25, 0.3) is 0 Å². The number of hydrogen-bond donors (Lipinski definition) is 6. The molecule has 0 aromatic rings. The number of carboxylic acids is 1. The number of aliphatic hydroxyl groups excluding tert-OH is 4. The number of hydrogen-bond acceptors (Lipinski definition) is 8. The molecule has 2 aliphatic rings. The van der Waals surface area contributed by atoms with Crippen LogP contribution in [0, 0.1) is 0 Å². The maximum absolute atomic E-state index is 11.5. The van der Waals surface area contributed by atoms with Gasteiger partial charge in [-0.15, -0.1) is 0 Å². The van der Waals surface area contributed by atoms with Gasteiger partial charge in [-0.05, 0) is 0 Å². The molecule has 1 unspecified atom stereocenters.